The van der Waals surface area contributed by atoms with Crippen LogP contribution in [0, 0.1) is 0 Å². The number of nitrogens with one attached hydrogen (secondary N) is 1. The third kappa shape index (κ3) is 4.22. The number of anilines is 1. The second-order valence-corrected chi connectivity index (χ2v) is 4.72. The fourth-order valence-corrected chi connectivity index (χ4v) is 1.74. The first-order valence-corrected chi connectivity index (χ1v) is 5.26. The highest BCUT2D eigenvalue weighted by atomic mass is 79.9. The molecule has 3 nitrogen and oxygen atoms in total. The zero-order chi connectivity index (χ0) is 9.68. The van der Waals surface area contributed by atoms with E-state index in [9.17, 15) is 0 Å². The quantitative estimate of drug-likeness (QED) is 0.826. The van der Waals surface area contributed by atoms with E-state index in [0.29, 0.717) is 10.9 Å². The van der Waals surface area contributed by atoms with Gasteiger partial charge >= 0.3 is 0 Å². The van der Waals surface area contributed by atoms with Crippen LogP contribution in [0.4, 0.5) is 5.82 Å². The largest absolute Gasteiger partial charge is 0.367 e. The van der Waals surface area contributed by atoms with E-state index < -0.39 is 0 Å². The van der Waals surface area contributed by atoms with Gasteiger partial charge in [-0.25, -0.2) is 9.97 Å². The standard InChI is InChI=1S/C9H14BrN3/c1-7(10)5-8(2)13-9-3-4-11-6-12-9/h3-4,6-8H,5H2,1-2H3,(H,11,12,13). The Labute approximate surface area is 87.1 Å². The van der Waals surface area contributed by atoms with Crippen LogP contribution < -0.4 is 5.32 Å². The summed E-state index contributed by atoms with van der Waals surface area (Å²) in [5.41, 5.74) is 0. The molecule has 72 valence electrons. The van der Waals surface area contributed by atoms with Crippen LogP contribution in [-0.4, -0.2) is 20.8 Å². The number of hydrogen-bond acceptors (Lipinski definition) is 3. The molecular weight excluding hydrogens is 230 g/mol. The molecule has 0 aliphatic rings. The van der Waals surface area contributed by atoms with Gasteiger partial charge in [0, 0.05) is 17.1 Å². The molecule has 0 saturated heterocycles. The number of nitrogens with zero attached hydrogens (tertiary/aromatic N) is 2. The normalized spacial score (nSPS) is 15.0. The monoisotopic (exact) mass is 243 g/mol. The molecule has 1 aromatic rings. The van der Waals surface area contributed by atoms with Gasteiger partial charge in [0.1, 0.15) is 12.1 Å². The molecular formula is C9H14BrN3. The zero-order valence-corrected chi connectivity index (χ0v) is 9.45. The van der Waals surface area contributed by atoms with Gasteiger partial charge in [0.05, 0.1) is 0 Å². The van der Waals surface area contributed by atoms with E-state index in [1.54, 1.807) is 12.5 Å². The van der Waals surface area contributed by atoms with Gasteiger partial charge in [-0.05, 0) is 19.4 Å². The molecule has 0 bridgehead atoms. The lowest BCUT2D eigenvalue weighted by atomic mass is 10.2. The van der Waals surface area contributed by atoms with Crippen molar-refractivity contribution >= 4 is 21.7 Å². The summed E-state index contributed by atoms with van der Waals surface area (Å²) in [6.07, 6.45) is 4.36. The van der Waals surface area contributed by atoms with Gasteiger partial charge < -0.3 is 5.32 Å². The van der Waals surface area contributed by atoms with Crippen molar-refractivity contribution in [1.29, 1.82) is 0 Å². The maximum atomic E-state index is 4.09. The number of rotatable bonds is 4. The Hall–Kier alpha value is -0.640. The Morgan fingerprint density at radius 1 is 1.54 bits per heavy atom. The predicted octanol–water partition coefficient (Wildman–Crippen LogP) is 2.45. The molecule has 0 aromatic carbocycles. The molecule has 0 saturated carbocycles. The van der Waals surface area contributed by atoms with Gasteiger partial charge in [-0.15, -0.1) is 0 Å². The Bertz CT molecular complexity index is 238. The summed E-state index contributed by atoms with van der Waals surface area (Å²) in [7, 11) is 0. The third-order valence-electron chi connectivity index (χ3n) is 1.65. The van der Waals surface area contributed by atoms with Gasteiger partial charge in [-0.3, -0.25) is 0 Å². The second kappa shape index (κ2) is 5.17. The van der Waals surface area contributed by atoms with Crippen molar-refractivity contribution in [3.05, 3.63) is 18.6 Å². The van der Waals surface area contributed by atoms with Crippen molar-refractivity contribution in [1.82, 2.24) is 9.97 Å². The average molecular weight is 244 g/mol. The first-order valence-electron chi connectivity index (χ1n) is 4.35. The van der Waals surface area contributed by atoms with Crippen molar-refractivity contribution in [2.75, 3.05) is 5.32 Å². The van der Waals surface area contributed by atoms with E-state index in [0.717, 1.165) is 12.2 Å². The van der Waals surface area contributed by atoms with Crippen LogP contribution in [0.1, 0.15) is 20.3 Å². The first-order chi connectivity index (χ1) is 6.18. The lowest BCUT2D eigenvalue weighted by molar-refractivity contribution is 0.704. The molecule has 0 aliphatic heterocycles. The number of hydrogen-bond donors (Lipinski definition) is 1. The number of aromatic nitrogens is 2. The molecule has 1 aromatic heterocycles. The van der Waals surface area contributed by atoms with Crippen LogP contribution in [0.25, 0.3) is 0 Å². The summed E-state index contributed by atoms with van der Waals surface area (Å²) in [5.74, 6) is 0.885. The first kappa shape index (κ1) is 10.4. The van der Waals surface area contributed by atoms with E-state index in [4.69, 9.17) is 0 Å². The summed E-state index contributed by atoms with van der Waals surface area (Å²) in [6.45, 7) is 4.28. The minimum Gasteiger partial charge on any atom is -0.367 e. The highest BCUT2D eigenvalue weighted by Gasteiger charge is 2.05. The molecule has 1 rings (SSSR count). The lowest BCUT2D eigenvalue weighted by Gasteiger charge is -2.15. The molecule has 0 spiro atoms. The highest BCUT2D eigenvalue weighted by Crippen LogP contribution is 2.10. The van der Waals surface area contributed by atoms with Crippen LogP contribution in [0.3, 0.4) is 0 Å². The summed E-state index contributed by atoms with van der Waals surface area (Å²) in [4.78, 5) is 8.47. The van der Waals surface area contributed by atoms with E-state index in [1.807, 2.05) is 6.07 Å². The van der Waals surface area contributed by atoms with Crippen LogP contribution in [0.15, 0.2) is 18.6 Å². The van der Waals surface area contributed by atoms with Gasteiger partial charge in [0.25, 0.3) is 0 Å². The van der Waals surface area contributed by atoms with Crippen LogP contribution >= 0.6 is 15.9 Å². The Morgan fingerprint density at radius 2 is 2.31 bits per heavy atom. The Morgan fingerprint density at radius 3 is 2.85 bits per heavy atom. The average Bonchev–Trinajstić information content (AvgIpc) is 2.04. The van der Waals surface area contributed by atoms with E-state index in [1.165, 1.54) is 0 Å². The van der Waals surface area contributed by atoms with Crippen molar-refractivity contribution < 1.29 is 0 Å². The summed E-state index contributed by atoms with van der Waals surface area (Å²) in [6, 6.07) is 2.29. The van der Waals surface area contributed by atoms with Gasteiger partial charge in [0.2, 0.25) is 0 Å². The van der Waals surface area contributed by atoms with Crippen molar-refractivity contribution in [3.63, 3.8) is 0 Å². The minimum atomic E-state index is 0.421. The minimum absolute atomic E-state index is 0.421. The number of halogens is 1. The zero-order valence-electron chi connectivity index (χ0n) is 7.87. The van der Waals surface area contributed by atoms with Crippen molar-refractivity contribution in [2.45, 2.75) is 31.1 Å². The molecule has 2 atom stereocenters. The molecule has 1 heterocycles. The summed E-state index contributed by atoms with van der Waals surface area (Å²) in [5, 5.41) is 3.29. The second-order valence-electron chi connectivity index (χ2n) is 3.16. The Kier molecular flexibility index (Phi) is 4.15. The van der Waals surface area contributed by atoms with Crippen LogP contribution in [0.5, 0.6) is 0 Å². The summed E-state index contributed by atoms with van der Waals surface area (Å²) >= 11 is 3.52. The lowest BCUT2D eigenvalue weighted by Crippen LogP contribution is -2.18. The predicted molar refractivity (Wildman–Crippen MR) is 58.1 cm³/mol. The molecule has 0 radical (unpaired) electrons. The van der Waals surface area contributed by atoms with Gasteiger partial charge in [0.15, 0.2) is 0 Å². The SMILES string of the molecule is CC(Br)CC(C)Nc1ccncn1. The van der Waals surface area contributed by atoms with Gasteiger partial charge in [-0.1, -0.05) is 22.9 Å². The molecule has 4 heteroatoms. The van der Waals surface area contributed by atoms with Crippen LogP contribution in [-0.2, 0) is 0 Å². The Balaban J connectivity index is 2.41. The molecule has 0 aliphatic carbocycles. The maximum Gasteiger partial charge on any atom is 0.129 e. The number of alkyl halides is 1. The molecule has 2 unspecified atom stereocenters. The summed E-state index contributed by atoms with van der Waals surface area (Å²) < 4.78 is 0. The van der Waals surface area contributed by atoms with E-state index in [-0.39, 0.29) is 0 Å². The third-order valence-corrected chi connectivity index (χ3v) is 2.03. The van der Waals surface area contributed by atoms with Crippen molar-refractivity contribution in [2.24, 2.45) is 0 Å². The molecule has 0 fully saturated rings. The topological polar surface area (TPSA) is 37.8 Å². The van der Waals surface area contributed by atoms with Crippen molar-refractivity contribution in [3.8, 4) is 0 Å². The molecule has 13 heavy (non-hydrogen) atoms. The van der Waals surface area contributed by atoms with Gasteiger partial charge in [-0.2, -0.15) is 0 Å². The maximum absolute atomic E-state index is 4.09. The van der Waals surface area contributed by atoms with E-state index in [2.05, 4.69) is 45.1 Å². The fraction of sp³-hybridized carbons (Fsp3) is 0.556. The smallest absolute Gasteiger partial charge is 0.129 e. The fourth-order valence-electron chi connectivity index (χ4n) is 1.17. The molecule has 1 N–H and O–H groups in total. The highest BCUT2D eigenvalue weighted by molar-refractivity contribution is 9.09. The van der Waals surface area contributed by atoms with E-state index >= 15 is 0 Å². The molecule has 0 amide bonds. The van der Waals surface area contributed by atoms with Crippen LogP contribution in [0.2, 0.25) is 0 Å².